The Morgan fingerprint density at radius 3 is 1.50 bits per heavy atom. The van der Waals surface area contributed by atoms with Crippen molar-refractivity contribution in [1.82, 2.24) is 4.98 Å². The molecule has 1 heterocycles. The Morgan fingerprint density at radius 1 is 0.654 bits per heavy atom. The van der Waals surface area contributed by atoms with Gasteiger partial charge in [0, 0.05) is 27.5 Å². The number of rotatable bonds is 3. The van der Waals surface area contributed by atoms with Gasteiger partial charge in [-0.1, -0.05) is 102 Å². The van der Waals surface area contributed by atoms with E-state index in [0.29, 0.717) is 0 Å². The van der Waals surface area contributed by atoms with Crippen molar-refractivity contribution in [3.63, 3.8) is 0 Å². The standard InChI is InChI=1S/C24H30NP/c1-23(2,3)21-17-20(22(25-21)24(4,5)6)26(18-13-9-7-10-14-18)19-15-11-8-12-16-19/h7-17,25H,1-6H3. The van der Waals surface area contributed by atoms with Crippen molar-refractivity contribution in [2.24, 2.45) is 0 Å². The number of benzene rings is 2. The third-order valence-electron chi connectivity index (χ3n) is 4.62. The van der Waals surface area contributed by atoms with Gasteiger partial charge in [-0.25, -0.2) is 0 Å². The molecule has 26 heavy (non-hydrogen) atoms. The lowest BCUT2D eigenvalue weighted by atomic mass is 9.92. The summed E-state index contributed by atoms with van der Waals surface area (Å²) in [7, 11) is -0.589. The normalized spacial score (nSPS) is 12.6. The third-order valence-corrected chi connectivity index (χ3v) is 7.09. The van der Waals surface area contributed by atoms with Crippen molar-refractivity contribution < 1.29 is 0 Å². The second-order valence-corrected chi connectivity index (χ2v) is 11.1. The van der Waals surface area contributed by atoms with Crippen molar-refractivity contribution in [3.05, 3.63) is 78.1 Å². The molecule has 0 saturated heterocycles. The fourth-order valence-corrected chi connectivity index (χ4v) is 5.85. The smallest absolute Gasteiger partial charge is 0.0288 e. The summed E-state index contributed by atoms with van der Waals surface area (Å²) < 4.78 is 0. The average Bonchev–Trinajstić information content (AvgIpc) is 3.03. The molecule has 0 aliphatic carbocycles. The molecule has 136 valence electrons. The van der Waals surface area contributed by atoms with Crippen LogP contribution in [0.3, 0.4) is 0 Å². The number of aromatic amines is 1. The monoisotopic (exact) mass is 363 g/mol. The van der Waals surface area contributed by atoms with E-state index >= 15 is 0 Å². The van der Waals surface area contributed by atoms with Crippen LogP contribution in [0, 0.1) is 0 Å². The van der Waals surface area contributed by atoms with Crippen LogP contribution >= 0.6 is 7.92 Å². The number of hydrogen-bond acceptors (Lipinski definition) is 0. The van der Waals surface area contributed by atoms with Gasteiger partial charge in [-0.15, -0.1) is 0 Å². The highest BCUT2D eigenvalue weighted by atomic mass is 31.1. The van der Waals surface area contributed by atoms with Gasteiger partial charge in [0.05, 0.1) is 0 Å². The Labute approximate surface area is 159 Å². The molecule has 1 nitrogen and oxygen atoms in total. The molecule has 2 aromatic carbocycles. The minimum atomic E-state index is -0.589. The first-order valence-corrected chi connectivity index (χ1v) is 10.7. The predicted molar refractivity (Wildman–Crippen MR) is 117 cm³/mol. The molecule has 0 radical (unpaired) electrons. The van der Waals surface area contributed by atoms with Crippen molar-refractivity contribution in [2.45, 2.75) is 52.4 Å². The summed E-state index contributed by atoms with van der Waals surface area (Å²) in [5.74, 6) is 0. The molecule has 0 bridgehead atoms. The van der Waals surface area contributed by atoms with Crippen molar-refractivity contribution in [3.8, 4) is 0 Å². The molecular formula is C24H30NP. The number of aromatic nitrogens is 1. The lowest BCUT2D eigenvalue weighted by Gasteiger charge is -2.25. The number of nitrogens with one attached hydrogen (secondary N) is 1. The summed E-state index contributed by atoms with van der Waals surface area (Å²) in [5, 5.41) is 4.26. The van der Waals surface area contributed by atoms with Gasteiger partial charge in [0.15, 0.2) is 0 Å². The van der Waals surface area contributed by atoms with Crippen molar-refractivity contribution in [1.29, 1.82) is 0 Å². The number of hydrogen-bond donors (Lipinski definition) is 1. The van der Waals surface area contributed by atoms with Gasteiger partial charge >= 0.3 is 0 Å². The molecule has 3 aromatic rings. The fourth-order valence-electron chi connectivity index (χ4n) is 3.18. The predicted octanol–water partition coefficient (Wildman–Crippen LogP) is 5.37. The molecule has 2 heteroatoms. The Hall–Kier alpha value is -1.85. The second kappa shape index (κ2) is 7.05. The van der Waals surface area contributed by atoms with Crippen LogP contribution in [0.5, 0.6) is 0 Å². The summed E-state index contributed by atoms with van der Waals surface area (Å²) in [4.78, 5) is 3.80. The van der Waals surface area contributed by atoms with E-state index in [1.54, 1.807) is 0 Å². The zero-order chi connectivity index (χ0) is 18.9. The van der Waals surface area contributed by atoms with E-state index < -0.39 is 7.92 Å². The quantitative estimate of drug-likeness (QED) is 0.602. The Bertz CT molecular complexity index is 809. The highest BCUT2D eigenvalue weighted by molar-refractivity contribution is 7.79. The number of H-pyrrole nitrogens is 1. The summed E-state index contributed by atoms with van der Waals surface area (Å²) >= 11 is 0. The first kappa shape index (κ1) is 18.9. The molecule has 0 aliphatic rings. The summed E-state index contributed by atoms with van der Waals surface area (Å²) in [6, 6.07) is 24.3. The SMILES string of the molecule is CC(C)(C)c1cc(P(c2ccccc2)c2ccccc2)c(C(C)(C)C)[nH]1. The Morgan fingerprint density at radius 2 is 1.12 bits per heavy atom. The van der Waals surface area contributed by atoms with Gasteiger partial charge in [-0.2, -0.15) is 0 Å². The van der Waals surface area contributed by atoms with Crippen LogP contribution in [-0.4, -0.2) is 4.98 Å². The van der Waals surface area contributed by atoms with Crippen LogP contribution in [0.15, 0.2) is 66.7 Å². The highest BCUT2D eigenvalue weighted by Crippen LogP contribution is 2.39. The van der Waals surface area contributed by atoms with E-state index in [1.165, 1.54) is 27.3 Å². The molecule has 1 N–H and O–H groups in total. The molecule has 3 rings (SSSR count). The molecule has 0 amide bonds. The molecule has 0 unspecified atom stereocenters. The molecule has 0 atom stereocenters. The molecule has 1 aromatic heterocycles. The summed E-state index contributed by atoms with van der Waals surface area (Å²) in [5.41, 5.74) is 2.85. The summed E-state index contributed by atoms with van der Waals surface area (Å²) in [6.45, 7) is 13.8. The van der Waals surface area contributed by atoms with Gasteiger partial charge < -0.3 is 4.98 Å². The zero-order valence-corrected chi connectivity index (χ0v) is 17.7. The van der Waals surface area contributed by atoms with E-state index in [9.17, 15) is 0 Å². The van der Waals surface area contributed by atoms with Crippen LogP contribution < -0.4 is 15.9 Å². The largest absolute Gasteiger partial charge is 0.361 e. The Kier molecular flexibility index (Phi) is 5.13. The third kappa shape index (κ3) is 3.94. The van der Waals surface area contributed by atoms with Gasteiger partial charge in [-0.05, 0) is 24.6 Å². The van der Waals surface area contributed by atoms with Crippen molar-refractivity contribution >= 4 is 23.8 Å². The van der Waals surface area contributed by atoms with Gasteiger partial charge in [0.2, 0.25) is 0 Å². The second-order valence-electron chi connectivity index (χ2n) is 8.95. The van der Waals surface area contributed by atoms with Crippen LogP contribution in [0.2, 0.25) is 0 Å². The van der Waals surface area contributed by atoms with E-state index in [4.69, 9.17) is 0 Å². The van der Waals surface area contributed by atoms with E-state index in [-0.39, 0.29) is 10.8 Å². The fraction of sp³-hybridized carbons (Fsp3) is 0.333. The zero-order valence-electron chi connectivity index (χ0n) is 16.8. The first-order chi connectivity index (χ1) is 12.2. The summed E-state index contributed by atoms with van der Waals surface area (Å²) in [6.07, 6.45) is 0. The maximum atomic E-state index is 3.80. The lowest BCUT2D eigenvalue weighted by molar-refractivity contribution is 0.544. The van der Waals surface area contributed by atoms with E-state index in [1.807, 2.05) is 0 Å². The molecule has 0 aliphatic heterocycles. The van der Waals surface area contributed by atoms with Crippen LogP contribution in [-0.2, 0) is 10.8 Å². The van der Waals surface area contributed by atoms with Crippen LogP contribution in [0.4, 0.5) is 0 Å². The maximum Gasteiger partial charge on any atom is 0.0288 e. The highest BCUT2D eigenvalue weighted by Gasteiger charge is 2.30. The molecule has 0 fully saturated rings. The lowest BCUT2D eigenvalue weighted by Crippen LogP contribution is -2.27. The van der Waals surface area contributed by atoms with Crippen LogP contribution in [0.25, 0.3) is 0 Å². The average molecular weight is 363 g/mol. The minimum Gasteiger partial charge on any atom is -0.361 e. The van der Waals surface area contributed by atoms with Gasteiger partial charge in [0.1, 0.15) is 0 Å². The van der Waals surface area contributed by atoms with Gasteiger partial charge in [-0.3, -0.25) is 0 Å². The molecule has 0 saturated carbocycles. The maximum absolute atomic E-state index is 3.80. The topological polar surface area (TPSA) is 15.8 Å². The Balaban J connectivity index is 2.26. The van der Waals surface area contributed by atoms with E-state index in [2.05, 4.69) is 113 Å². The van der Waals surface area contributed by atoms with E-state index in [0.717, 1.165) is 0 Å². The first-order valence-electron chi connectivity index (χ1n) is 9.32. The molecular weight excluding hydrogens is 333 g/mol. The van der Waals surface area contributed by atoms with Crippen molar-refractivity contribution in [2.75, 3.05) is 0 Å². The minimum absolute atomic E-state index is 0.0724. The van der Waals surface area contributed by atoms with Crippen LogP contribution in [0.1, 0.15) is 52.9 Å². The van der Waals surface area contributed by atoms with Gasteiger partial charge in [0.25, 0.3) is 0 Å². The molecule has 0 spiro atoms.